The molecule has 1 aliphatic rings. The lowest BCUT2D eigenvalue weighted by atomic mass is 10.0. The molecule has 0 saturated carbocycles. The summed E-state index contributed by atoms with van der Waals surface area (Å²) in [6.45, 7) is 4.33. The van der Waals surface area contributed by atoms with Crippen LogP contribution in [0.4, 0.5) is 0 Å². The molecule has 1 heterocycles. The van der Waals surface area contributed by atoms with E-state index in [0.29, 0.717) is 24.0 Å². The van der Waals surface area contributed by atoms with Gasteiger partial charge < -0.3 is 10.2 Å². The molecule has 4 rings (SSSR count). The Kier molecular flexibility index (Phi) is 9.88. The highest BCUT2D eigenvalue weighted by Gasteiger charge is 2.35. The van der Waals surface area contributed by atoms with Gasteiger partial charge in [-0.25, -0.2) is 0 Å². The number of hydrogen-bond donors (Lipinski definition) is 1. The number of carbonyl (C=O) groups is 4. The van der Waals surface area contributed by atoms with Crippen molar-refractivity contribution in [1.82, 2.24) is 15.1 Å². The van der Waals surface area contributed by atoms with E-state index in [2.05, 4.69) is 21.2 Å². The number of imide groups is 1. The van der Waals surface area contributed by atoms with Gasteiger partial charge in [0, 0.05) is 36.4 Å². The van der Waals surface area contributed by atoms with Crippen LogP contribution in [0.25, 0.3) is 0 Å². The van der Waals surface area contributed by atoms with Crippen LogP contribution < -0.4 is 5.32 Å². The molecular formula is C32H34BrN3O4. The Hall–Kier alpha value is -3.78. The first-order chi connectivity index (χ1) is 19.3. The zero-order valence-electron chi connectivity index (χ0n) is 22.8. The second kappa shape index (κ2) is 13.5. The minimum Gasteiger partial charge on any atom is -0.352 e. The van der Waals surface area contributed by atoms with E-state index in [4.69, 9.17) is 0 Å². The van der Waals surface area contributed by atoms with E-state index in [1.165, 1.54) is 4.90 Å². The van der Waals surface area contributed by atoms with Crippen LogP contribution in [0.2, 0.25) is 0 Å². The van der Waals surface area contributed by atoms with Gasteiger partial charge in [-0.05, 0) is 55.2 Å². The van der Waals surface area contributed by atoms with Crippen molar-refractivity contribution in [3.05, 3.63) is 106 Å². The van der Waals surface area contributed by atoms with Crippen molar-refractivity contribution in [2.75, 3.05) is 6.54 Å². The summed E-state index contributed by atoms with van der Waals surface area (Å²) in [5.74, 6) is -1.09. The van der Waals surface area contributed by atoms with E-state index in [9.17, 15) is 19.2 Å². The van der Waals surface area contributed by atoms with Crippen molar-refractivity contribution in [3.8, 4) is 0 Å². The third-order valence-electron chi connectivity index (χ3n) is 7.19. The zero-order valence-corrected chi connectivity index (χ0v) is 24.4. The SMILES string of the molecule is CC[C@H](C)NC(=O)[C@H](Cc1ccccc1)N(Cc1ccc(Br)cc1)C(=O)CCCN1C(=O)c2ccccc2C1=O. The van der Waals surface area contributed by atoms with E-state index in [0.717, 1.165) is 22.0 Å². The highest BCUT2D eigenvalue weighted by atomic mass is 79.9. The Morgan fingerprint density at radius 2 is 1.48 bits per heavy atom. The molecule has 1 aliphatic heterocycles. The number of halogens is 1. The number of rotatable bonds is 12. The van der Waals surface area contributed by atoms with Crippen molar-refractivity contribution in [2.24, 2.45) is 0 Å². The summed E-state index contributed by atoms with van der Waals surface area (Å²) in [6, 6.07) is 23.3. The maximum Gasteiger partial charge on any atom is 0.261 e. The highest BCUT2D eigenvalue weighted by Crippen LogP contribution is 2.23. The van der Waals surface area contributed by atoms with Crippen LogP contribution in [0.1, 0.15) is 65.0 Å². The lowest BCUT2D eigenvalue weighted by Gasteiger charge is -2.32. The molecule has 1 N–H and O–H groups in total. The maximum absolute atomic E-state index is 13.8. The highest BCUT2D eigenvalue weighted by molar-refractivity contribution is 9.10. The molecule has 3 aromatic rings. The molecule has 3 aromatic carbocycles. The largest absolute Gasteiger partial charge is 0.352 e. The van der Waals surface area contributed by atoms with E-state index >= 15 is 0 Å². The average molecular weight is 605 g/mol. The molecule has 0 bridgehead atoms. The van der Waals surface area contributed by atoms with Crippen LogP contribution in [0.5, 0.6) is 0 Å². The van der Waals surface area contributed by atoms with Gasteiger partial charge in [-0.2, -0.15) is 0 Å². The van der Waals surface area contributed by atoms with E-state index < -0.39 is 6.04 Å². The van der Waals surface area contributed by atoms with Crippen molar-refractivity contribution in [2.45, 2.75) is 58.2 Å². The Bertz CT molecular complexity index is 1330. The second-order valence-electron chi connectivity index (χ2n) is 10.1. The number of nitrogens with one attached hydrogen (secondary N) is 1. The van der Waals surface area contributed by atoms with Gasteiger partial charge >= 0.3 is 0 Å². The summed E-state index contributed by atoms with van der Waals surface area (Å²) in [7, 11) is 0. The number of hydrogen-bond acceptors (Lipinski definition) is 4. The molecule has 0 spiro atoms. The lowest BCUT2D eigenvalue weighted by Crippen LogP contribution is -2.52. The predicted molar refractivity (Wildman–Crippen MR) is 158 cm³/mol. The topological polar surface area (TPSA) is 86.8 Å². The summed E-state index contributed by atoms with van der Waals surface area (Å²) in [4.78, 5) is 55.8. The third-order valence-corrected chi connectivity index (χ3v) is 7.72. The summed E-state index contributed by atoms with van der Waals surface area (Å²) in [5, 5.41) is 3.06. The summed E-state index contributed by atoms with van der Waals surface area (Å²) >= 11 is 3.45. The van der Waals surface area contributed by atoms with Gasteiger partial charge in [0.25, 0.3) is 11.8 Å². The molecule has 4 amide bonds. The van der Waals surface area contributed by atoms with Gasteiger partial charge in [0.1, 0.15) is 6.04 Å². The van der Waals surface area contributed by atoms with Crippen LogP contribution >= 0.6 is 15.9 Å². The number of benzene rings is 3. The molecule has 40 heavy (non-hydrogen) atoms. The molecule has 0 radical (unpaired) electrons. The van der Waals surface area contributed by atoms with Crippen molar-refractivity contribution < 1.29 is 19.2 Å². The monoisotopic (exact) mass is 603 g/mol. The van der Waals surface area contributed by atoms with Crippen molar-refractivity contribution >= 4 is 39.6 Å². The van der Waals surface area contributed by atoms with Gasteiger partial charge in [0.2, 0.25) is 11.8 Å². The summed E-state index contributed by atoms with van der Waals surface area (Å²) < 4.78 is 0.922. The zero-order chi connectivity index (χ0) is 28.6. The number of carbonyl (C=O) groups excluding carboxylic acids is 4. The molecular weight excluding hydrogens is 570 g/mol. The van der Waals surface area contributed by atoms with E-state index in [-0.39, 0.29) is 49.2 Å². The minimum absolute atomic E-state index is 0.0378. The minimum atomic E-state index is -0.730. The first-order valence-electron chi connectivity index (χ1n) is 13.6. The number of fused-ring (bicyclic) bond motifs is 1. The molecule has 2 atom stereocenters. The quantitative estimate of drug-likeness (QED) is 0.282. The maximum atomic E-state index is 13.8. The molecule has 8 heteroatoms. The first-order valence-corrected chi connectivity index (χ1v) is 14.4. The van der Waals surface area contributed by atoms with Crippen molar-refractivity contribution in [1.29, 1.82) is 0 Å². The van der Waals surface area contributed by atoms with E-state index in [1.54, 1.807) is 29.2 Å². The van der Waals surface area contributed by atoms with Crippen LogP contribution in [-0.4, -0.2) is 52.1 Å². The van der Waals surface area contributed by atoms with Gasteiger partial charge in [0.05, 0.1) is 11.1 Å². The first kappa shape index (κ1) is 29.2. The molecule has 7 nitrogen and oxygen atoms in total. The van der Waals surface area contributed by atoms with Crippen molar-refractivity contribution in [3.63, 3.8) is 0 Å². The fourth-order valence-electron chi connectivity index (χ4n) is 4.76. The lowest BCUT2D eigenvalue weighted by molar-refractivity contribution is -0.141. The fraction of sp³-hybridized carbons (Fsp3) is 0.312. The van der Waals surface area contributed by atoms with Crippen LogP contribution in [0, 0.1) is 0 Å². The molecule has 0 unspecified atom stereocenters. The normalized spacial score (nSPS) is 14.0. The Morgan fingerprint density at radius 3 is 2.08 bits per heavy atom. The Morgan fingerprint density at radius 1 is 0.875 bits per heavy atom. The number of amides is 4. The smallest absolute Gasteiger partial charge is 0.261 e. The second-order valence-corrected chi connectivity index (χ2v) is 11.0. The molecule has 0 saturated heterocycles. The predicted octanol–water partition coefficient (Wildman–Crippen LogP) is 5.38. The molecule has 0 fully saturated rings. The van der Waals surface area contributed by atoms with E-state index in [1.807, 2.05) is 68.4 Å². The van der Waals surface area contributed by atoms with Crippen LogP contribution in [0.3, 0.4) is 0 Å². The summed E-state index contributed by atoms with van der Waals surface area (Å²) in [5.41, 5.74) is 2.62. The molecule has 0 aromatic heterocycles. The van der Waals surface area contributed by atoms with Gasteiger partial charge in [-0.1, -0.05) is 77.5 Å². The van der Waals surface area contributed by atoms with Crippen LogP contribution in [-0.2, 0) is 22.6 Å². The van der Waals surface area contributed by atoms with Gasteiger partial charge in [0.15, 0.2) is 0 Å². The third kappa shape index (κ3) is 7.04. The Balaban J connectivity index is 1.54. The standard InChI is InChI=1S/C32H34BrN3O4/c1-3-22(2)34-30(38)28(20-23-10-5-4-6-11-23)36(21-24-15-17-25(33)18-16-24)29(37)14-9-19-35-31(39)26-12-7-8-13-27(26)32(35)40/h4-8,10-13,15-18,22,28H,3,9,14,19-21H2,1-2H3,(H,34,38)/t22-,28-/m0/s1. The summed E-state index contributed by atoms with van der Waals surface area (Å²) in [6.07, 6.45) is 1.52. The van der Waals surface area contributed by atoms with Crippen LogP contribution in [0.15, 0.2) is 83.3 Å². The molecule has 208 valence electrons. The average Bonchev–Trinajstić information content (AvgIpc) is 3.21. The Labute approximate surface area is 243 Å². The molecule has 0 aliphatic carbocycles. The number of nitrogens with zero attached hydrogens (tertiary/aromatic N) is 2. The fourth-order valence-corrected chi connectivity index (χ4v) is 5.02. The van der Waals surface area contributed by atoms with Gasteiger partial charge in [-0.15, -0.1) is 0 Å². The van der Waals surface area contributed by atoms with Gasteiger partial charge in [-0.3, -0.25) is 24.1 Å².